The van der Waals surface area contributed by atoms with Crippen LogP contribution in [0.3, 0.4) is 0 Å². The lowest BCUT2D eigenvalue weighted by molar-refractivity contribution is 0.149. The van der Waals surface area contributed by atoms with Crippen molar-refractivity contribution in [3.63, 3.8) is 0 Å². The monoisotopic (exact) mass is 263 g/mol. The van der Waals surface area contributed by atoms with Gasteiger partial charge in [0.2, 0.25) is 0 Å². The van der Waals surface area contributed by atoms with Gasteiger partial charge in [0, 0.05) is 19.6 Å². The van der Waals surface area contributed by atoms with Crippen LogP contribution in [0.2, 0.25) is 0 Å². The van der Waals surface area contributed by atoms with Crippen LogP contribution < -0.4 is 10.1 Å². The van der Waals surface area contributed by atoms with Crippen molar-refractivity contribution in [2.24, 2.45) is 0 Å². The maximum Gasteiger partial charge on any atom is 0.123 e. The molecule has 0 spiro atoms. The van der Waals surface area contributed by atoms with Crippen LogP contribution in [-0.4, -0.2) is 32.4 Å². The van der Waals surface area contributed by atoms with Crippen molar-refractivity contribution < 1.29 is 9.47 Å². The minimum atomic E-state index is 0.329. The highest BCUT2D eigenvalue weighted by atomic mass is 16.5. The van der Waals surface area contributed by atoms with E-state index >= 15 is 0 Å². The second-order valence-corrected chi connectivity index (χ2v) is 5.34. The lowest BCUT2D eigenvalue weighted by Crippen LogP contribution is -2.34. The summed E-state index contributed by atoms with van der Waals surface area (Å²) in [5.74, 6) is 1.07. The summed E-state index contributed by atoms with van der Waals surface area (Å²) in [5.41, 5.74) is 2.67. The van der Waals surface area contributed by atoms with Gasteiger partial charge >= 0.3 is 0 Å². The zero-order chi connectivity index (χ0) is 13.7. The van der Waals surface area contributed by atoms with E-state index in [2.05, 4.69) is 37.4 Å². The summed E-state index contributed by atoms with van der Waals surface area (Å²) in [4.78, 5) is 0. The summed E-state index contributed by atoms with van der Waals surface area (Å²) < 4.78 is 11.2. The van der Waals surface area contributed by atoms with Gasteiger partial charge in [0.15, 0.2) is 0 Å². The molecule has 2 rings (SSSR count). The van der Waals surface area contributed by atoms with E-state index in [9.17, 15) is 0 Å². The van der Waals surface area contributed by atoms with E-state index < -0.39 is 0 Å². The molecule has 1 N–H and O–H groups in total. The first-order valence-corrected chi connectivity index (χ1v) is 7.21. The first kappa shape index (κ1) is 14.4. The molecular formula is C16H25NO2. The Bertz CT molecular complexity index is 400. The molecule has 1 aromatic rings. The molecule has 3 nitrogen and oxygen atoms in total. The molecule has 1 aliphatic heterocycles. The van der Waals surface area contributed by atoms with Crippen molar-refractivity contribution in [2.75, 3.05) is 20.3 Å². The average molecular weight is 263 g/mol. The molecule has 2 unspecified atom stereocenters. The fraction of sp³-hybridized carbons (Fsp3) is 0.625. The van der Waals surface area contributed by atoms with Gasteiger partial charge in [0.1, 0.15) is 11.9 Å². The van der Waals surface area contributed by atoms with E-state index in [1.807, 2.05) is 0 Å². The van der Waals surface area contributed by atoms with Crippen molar-refractivity contribution in [2.45, 2.75) is 45.3 Å². The van der Waals surface area contributed by atoms with Crippen molar-refractivity contribution >= 4 is 0 Å². The molecule has 0 saturated heterocycles. The van der Waals surface area contributed by atoms with Gasteiger partial charge in [-0.15, -0.1) is 0 Å². The Labute approximate surface area is 116 Å². The highest BCUT2D eigenvalue weighted by Gasteiger charge is 2.23. The molecule has 0 aromatic heterocycles. The molecule has 2 atom stereocenters. The SMILES string of the molecule is CCNC(CCC1Cc2cc(C)ccc2O1)COC. The lowest BCUT2D eigenvalue weighted by Gasteiger charge is -2.19. The zero-order valence-electron chi connectivity index (χ0n) is 12.2. The third-order valence-electron chi connectivity index (χ3n) is 3.65. The molecular weight excluding hydrogens is 238 g/mol. The first-order chi connectivity index (χ1) is 9.22. The molecule has 1 heterocycles. The predicted octanol–water partition coefficient (Wildman–Crippen LogP) is 2.70. The molecule has 0 fully saturated rings. The van der Waals surface area contributed by atoms with Crippen LogP contribution in [0.25, 0.3) is 0 Å². The van der Waals surface area contributed by atoms with E-state index in [1.54, 1.807) is 7.11 Å². The fourth-order valence-electron chi connectivity index (χ4n) is 2.73. The Morgan fingerprint density at radius 3 is 3.05 bits per heavy atom. The third-order valence-corrected chi connectivity index (χ3v) is 3.65. The Morgan fingerprint density at radius 2 is 2.32 bits per heavy atom. The van der Waals surface area contributed by atoms with E-state index in [0.29, 0.717) is 12.1 Å². The number of rotatable bonds is 7. The summed E-state index contributed by atoms with van der Waals surface area (Å²) in [5, 5.41) is 3.46. The van der Waals surface area contributed by atoms with Crippen molar-refractivity contribution in [3.05, 3.63) is 29.3 Å². The van der Waals surface area contributed by atoms with Gasteiger partial charge in [-0.2, -0.15) is 0 Å². The Kier molecular flexibility index (Phi) is 5.23. The quantitative estimate of drug-likeness (QED) is 0.820. The Hall–Kier alpha value is -1.06. The lowest BCUT2D eigenvalue weighted by atomic mass is 10.0. The smallest absolute Gasteiger partial charge is 0.123 e. The number of fused-ring (bicyclic) bond motifs is 1. The predicted molar refractivity (Wildman–Crippen MR) is 77.9 cm³/mol. The summed E-state index contributed by atoms with van der Waals surface area (Å²) in [6, 6.07) is 6.89. The Morgan fingerprint density at radius 1 is 1.47 bits per heavy atom. The van der Waals surface area contributed by atoms with E-state index in [1.165, 1.54) is 11.1 Å². The Balaban J connectivity index is 1.82. The zero-order valence-corrected chi connectivity index (χ0v) is 12.2. The number of ether oxygens (including phenoxy) is 2. The fourth-order valence-corrected chi connectivity index (χ4v) is 2.73. The number of methoxy groups -OCH3 is 1. The molecule has 0 saturated carbocycles. The van der Waals surface area contributed by atoms with Crippen LogP contribution >= 0.6 is 0 Å². The van der Waals surface area contributed by atoms with E-state index in [4.69, 9.17) is 9.47 Å². The van der Waals surface area contributed by atoms with Crippen molar-refractivity contribution in [3.8, 4) is 5.75 Å². The van der Waals surface area contributed by atoms with Gasteiger partial charge in [-0.1, -0.05) is 24.6 Å². The van der Waals surface area contributed by atoms with Crippen LogP contribution in [0, 0.1) is 6.92 Å². The average Bonchev–Trinajstić information content (AvgIpc) is 2.78. The van der Waals surface area contributed by atoms with Crippen LogP contribution in [0.15, 0.2) is 18.2 Å². The first-order valence-electron chi connectivity index (χ1n) is 7.21. The van der Waals surface area contributed by atoms with Crippen LogP contribution in [-0.2, 0) is 11.2 Å². The second-order valence-electron chi connectivity index (χ2n) is 5.34. The normalized spacial score (nSPS) is 19.0. The van der Waals surface area contributed by atoms with Crippen LogP contribution in [0.5, 0.6) is 5.75 Å². The van der Waals surface area contributed by atoms with Gasteiger partial charge in [-0.3, -0.25) is 0 Å². The van der Waals surface area contributed by atoms with E-state index in [0.717, 1.165) is 38.2 Å². The van der Waals surface area contributed by atoms with Crippen LogP contribution in [0.4, 0.5) is 0 Å². The summed E-state index contributed by atoms with van der Waals surface area (Å²) >= 11 is 0. The van der Waals surface area contributed by atoms with Crippen LogP contribution in [0.1, 0.15) is 30.9 Å². The number of hydrogen-bond donors (Lipinski definition) is 1. The summed E-state index contributed by atoms with van der Waals surface area (Å²) in [6.07, 6.45) is 3.55. The van der Waals surface area contributed by atoms with Gasteiger partial charge in [0.25, 0.3) is 0 Å². The van der Waals surface area contributed by atoms with Gasteiger partial charge in [-0.05, 0) is 37.9 Å². The maximum atomic E-state index is 6.00. The molecule has 1 aromatic carbocycles. The molecule has 3 heteroatoms. The number of likely N-dealkylation sites (N-methyl/N-ethyl adjacent to an activating group) is 1. The number of aryl methyl sites for hydroxylation is 1. The van der Waals surface area contributed by atoms with Gasteiger partial charge in [0.05, 0.1) is 6.61 Å². The molecule has 0 amide bonds. The molecule has 0 aliphatic carbocycles. The molecule has 1 aliphatic rings. The second kappa shape index (κ2) is 6.92. The van der Waals surface area contributed by atoms with E-state index in [-0.39, 0.29) is 0 Å². The van der Waals surface area contributed by atoms with Crippen molar-refractivity contribution in [1.29, 1.82) is 0 Å². The maximum absolute atomic E-state index is 6.00. The minimum Gasteiger partial charge on any atom is -0.490 e. The topological polar surface area (TPSA) is 30.5 Å². The van der Waals surface area contributed by atoms with Gasteiger partial charge in [-0.25, -0.2) is 0 Å². The molecule has 0 bridgehead atoms. The number of nitrogens with one attached hydrogen (secondary N) is 1. The number of hydrogen-bond acceptors (Lipinski definition) is 3. The van der Waals surface area contributed by atoms with Gasteiger partial charge < -0.3 is 14.8 Å². The molecule has 19 heavy (non-hydrogen) atoms. The van der Waals surface area contributed by atoms with Crippen molar-refractivity contribution in [1.82, 2.24) is 5.32 Å². The summed E-state index contributed by atoms with van der Waals surface area (Å²) in [6.45, 7) is 6.02. The highest BCUT2D eigenvalue weighted by molar-refractivity contribution is 5.40. The third kappa shape index (κ3) is 3.95. The molecule has 106 valence electrons. The largest absolute Gasteiger partial charge is 0.490 e. The number of benzene rings is 1. The highest BCUT2D eigenvalue weighted by Crippen LogP contribution is 2.31. The molecule has 0 radical (unpaired) electrons. The minimum absolute atomic E-state index is 0.329. The standard InChI is InChI=1S/C16H25NO2/c1-4-17-14(11-18-3)6-7-15-10-13-9-12(2)5-8-16(13)19-15/h5,8-9,14-15,17H,4,6-7,10-11H2,1-3H3. The summed E-state index contributed by atoms with van der Waals surface area (Å²) in [7, 11) is 1.76.